The molecular formula is C20H20N2O4S. The Morgan fingerprint density at radius 2 is 1.93 bits per heavy atom. The maximum atomic E-state index is 12.2. The third-order valence-corrected chi connectivity index (χ3v) is 5.21. The molecule has 0 unspecified atom stereocenters. The zero-order valence-electron chi connectivity index (χ0n) is 15.2. The van der Waals surface area contributed by atoms with Crippen LogP contribution >= 0.6 is 11.8 Å². The Kier molecular flexibility index (Phi) is 5.81. The van der Waals surface area contributed by atoms with Gasteiger partial charge in [-0.1, -0.05) is 29.8 Å². The second-order valence-corrected chi connectivity index (χ2v) is 7.38. The molecule has 0 fully saturated rings. The minimum Gasteiger partial charge on any atom is -0.452 e. The highest BCUT2D eigenvalue weighted by molar-refractivity contribution is 8.00. The molecule has 0 saturated heterocycles. The Balaban J connectivity index is 1.55. The van der Waals surface area contributed by atoms with Gasteiger partial charge in [0.1, 0.15) is 0 Å². The first-order valence-electron chi connectivity index (χ1n) is 8.46. The average molecular weight is 384 g/mol. The van der Waals surface area contributed by atoms with Gasteiger partial charge in [0.05, 0.1) is 17.0 Å². The van der Waals surface area contributed by atoms with E-state index in [2.05, 4.69) is 5.32 Å². The highest BCUT2D eigenvalue weighted by atomic mass is 32.2. The van der Waals surface area contributed by atoms with E-state index in [1.807, 2.05) is 31.2 Å². The van der Waals surface area contributed by atoms with Crippen molar-refractivity contribution >= 4 is 35.2 Å². The van der Waals surface area contributed by atoms with Crippen molar-refractivity contribution in [2.75, 3.05) is 24.7 Å². The lowest BCUT2D eigenvalue weighted by molar-refractivity contribution is -0.133. The molecule has 1 heterocycles. The van der Waals surface area contributed by atoms with Gasteiger partial charge >= 0.3 is 5.97 Å². The van der Waals surface area contributed by atoms with Crippen molar-refractivity contribution < 1.29 is 19.1 Å². The van der Waals surface area contributed by atoms with Crippen LogP contribution in [-0.2, 0) is 20.9 Å². The maximum absolute atomic E-state index is 12.2. The van der Waals surface area contributed by atoms with E-state index in [1.54, 1.807) is 25.2 Å². The van der Waals surface area contributed by atoms with E-state index in [9.17, 15) is 14.4 Å². The number of nitrogens with zero attached hydrogens (tertiary/aromatic N) is 1. The van der Waals surface area contributed by atoms with E-state index in [-0.39, 0.29) is 18.4 Å². The summed E-state index contributed by atoms with van der Waals surface area (Å²) in [7, 11) is 1.67. The summed E-state index contributed by atoms with van der Waals surface area (Å²) in [5, 5.41) is 2.73. The van der Waals surface area contributed by atoms with Crippen molar-refractivity contribution in [3.63, 3.8) is 0 Å². The zero-order chi connectivity index (χ0) is 19.4. The number of carbonyl (C=O) groups is 3. The molecular weight excluding hydrogens is 364 g/mol. The fraction of sp³-hybridized carbons (Fsp3) is 0.250. The van der Waals surface area contributed by atoms with Gasteiger partial charge in [-0.25, -0.2) is 4.79 Å². The number of fused-ring (bicyclic) bond motifs is 1. The molecule has 3 rings (SSSR count). The summed E-state index contributed by atoms with van der Waals surface area (Å²) in [6, 6.07) is 12.9. The van der Waals surface area contributed by atoms with Crippen LogP contribution in [0.25, 0.3) is 0 Å². The zero-order valence-corrected chi connectivity index (χ0v) is 16.0. The van der Waals surface area contributed by atoms with Crippen LogP contribution in [0.2, 0.25) is 0 Å². The minimum absolute atomic E-state index is 0.106. The van der Waals surface area contributed by atoms with Crippen LogP contribution in [0.5, 0.6) is 0 Å². The van der Waals surface area contributed by atoms with Gasteiger partial charge in [-0.15, -0.1) is 11.8 Å². The van der Waals surface area contributed by atoms with Crippen molar-refractivity contribution in [2.24, 2.45) is 0 Å². The number of amides is 2. The van der Waals surface area contributed by atoms with Gasteiger partial charge < -0.3 is 15.0 Å². The highest BCUT2D eigenvalue weighted by Gasteiger charge is 2.19. The number of carbonyl (C=O) groups excluding carboxylic acids is 3. The van der Waals surface area contributed by atoms with Crippen molar-refractivity contribution in [1.29, 1.82) is 0 Å². The topological polar surface area (TPSA) is 75.7 Å². The molecule has 0 saturated carbocycles. The number of esters is 1. The second kappa shape index (κ2) is 8.26. The second-order valence-electron chi connectivity index (χ2n) is 6.36. The van der Waals surface area contributed by atoms with Gasteiger partial charge in [-0.3, -0.25) is 9.59 Å². The van der Waals surface area contributed by atoms with Crippen molar-refractivity contribution in [1.82, 2.24) is 4.90 Å². The number of anilines is 1. The molecule has 2 aromatic carbocycles. The first-order chi connectivity index (χ1) is 12.9. The maximum Gasteiger partial charge on any atom is 0.338 e. The number of hydrogen-bond acceptors (Lipinski definition) is 5. The van der Waals surface area contributed by atoms with E-state index in [0.717, 1.165) is 16.0 Å². The van der Waals surface area contributed by atoms with E-state index in [1.165, 1.54) is 16.7 Å². The summed E-state index contributed by atoms with van der Waals surface area (Å²) in [5.74, 6) is -0.630. The molecule has 0 aliphatic carbocycles. The van der Waals surface area contributed by atoms with E-state index in [4.69, 9.17) is 4.74 Å². The lowest BCUT2D eigenvalue weighted by Gasteiger charge is -2.18. The molecule has 0 aromatic heterocycles. The Bertz CT molecular complexity index is 880. The van der Waals surface area contributed by atoms with E-state index >= 15 is 0 Å². The molecule has 140 valence electrons. The van der Waals surface area contributed by atoms with Gasteiger partial charge in [0.2, 0.25) is 5.91 Å². The Morgan fingerprint density at radius 1 is 1.19 bits per heavy atom. The number of rotatable bonds is 5. The molecule has 1 aliphatic heterocycles. The van der Waals surface area contributed by atoms with Gasteiger partial charge in [-0.05, 0) is 30.7 Å². The molecule has 2 aromatic rings. The summed E-state index contributed by atoms with van der Waals surface area (Å²) in [6.45, 7) is 2.11. The molecule has 7 heteroatoms. The number of benzene rings is 2. The van der Waals surface area contributed by atoms with Gasteiger partial charge in [0, 0.05) is 18.5 Å². The number of likely N-dealkylation sites (N-methyl/N-ethyl adjacent to an activating group) is 1. The molecule has 0 atom stereocenters. The highest BCUT2D eigenvalue weighted by Crippen LogP contribution is 2.32. The Morgan fingerprint density at radius 3 is 2.67 bits per heavy atom. The number of thioether (sulfide) groups is 1. The Labute approximate surface area is 161 Å². The fourth-order valence-corrected chi connectivity index (χ4v) is 3.37. The van der Waals surface area contributed by atoms with E-state index < -0.39 is 5.97 Å². The lowest BCUT2D eigenvalue weighted by atomic mass is 10.1. The molecule has 0 radical (unpaired) electrons. The number of hydrogen-bond donors (Lipinski definition) is 1. The molecule has 0 bridgehead atoms. The monoisotopic (exact) mass is 384 g/mol. The third-order valence-electron chi connectivity index (χ3n) is 4.14. The predicted molar refractivity (Wildman–Crippen MR) is 104 cm³/mol. The van der Waals surface area contributed by atoms with Crippen molar-refractivity contribution in [2.45, 2.75) is 18.4 Å². The summed E-state index contributed by atoms with van der Waals surface area (Å²) in [6.07, 6.45) is 0. The van der Waals surface area contributed by atoms with Crippen LogP contribution in [0.3, 0.4) is 0 Å². The van der Waals surface area contributed by atoms with Crippen molar-refractivity contribution in [3.05, 3.63) is 59.2 Å². The normalized spacial score (nSPS) is 12.7. The number of nitrogens with one attached hydrogen (secondary N) is 1. The minimum atomic E-state index is -0.597. The lowest BCUT2D eigenvalue weighted by Crippen LogP contribution is -2.30. The van der Waals surface area contributed by atoms with Gasteiger partial charge in [0.25, 0.3) is 5.91 Å². The molecule has 2 amide bonds. The first-order valence-corrected chi connectivity index (χ1v) is 9.44. The summed E-state index contributed by atoms with van der Waals surface area (Å²) in [4.78, 5) is 38.3. The largest absolute Gasteiger partial charge is 0.452 e. The van der Waals surface area contributed by atoms with Crippen LogP contribution in [0.4, 0.5) is 5.69 Å². The fourth-order valence-electron chi connectivity index (χ4n) is 2.59. The predicted octanol–water partition coefficient (Wildman–Crippen LogP) is 2.85. The average Bonchev–Trinajstić information content (AvgIpc) is 2.66. The summed E-state index contributed by atoms with van der Waals surface area (Å²) in [5.41, 5.74) is 3.05. The quantitative estimate of drug-likeness (QED) is 0.803. The third kappa shape index (κ3) is 4.89. The van der Waals surface area contributed by atoms with Crippen LogP contribution in [0, 0.1) is 6.92 Å². The van der Waals surface area contributed by atoms with Gasteiger partial charge in [0.15, 0.2) is 6.61 Å². The standard InChI is InChI=1S/C20H20N2O4S/c1-13-3-5-14(6-4-13)10-22(2)19(24)11-26-20(25)15-7-8-17-16(9-15)21-18(23)12-27-17/h3-9H,10-12H2,1-2H3,(H,21,23). The first kappa shape index (κ1) is 19.0. The molecule has 6 nitrogen and oxygen atoms in total. The Hall–Kier alpha value is -2.80. The SMILES string of the molecule is Cc1ccc(CN(C)C(=O)COC(=O)c2ccc3c(c2)NC(=O)CS3)cc1. The summed E-state index contributed by atoms with van der Waals surface area (Å²) >= 11 is 1.42. The molecule has 1 N–H and O–H groups in total. The molecule has 1 aliphatic rings. The number of ether oxygens (including phenoxy) is 1. The smallest absolute Gasteiger partial charge is 0.338 e. The van der Waals surface area contributed by atoms with Crippen LogP contribution in [0.15, 0.2) is 47.4 Å². The number of aryl methyl sites for hydroxylation is 1. The van der Waals surface area contributed by atoms with Crippen LogP contribution < -0.4 is 5.32 Å². The summed E-state index contributed by atoms with van der Waals surface area (Å²) < 4.78 is 5.14. The molecule has 27 heavy (non-hydrogen) atoms. The van der Waals surface area contributed by atoms with Crippen LogP contribution in [0.1, 0.15) is 21.5 Å². The molecule has 0 spiro atoms. The van der Waals surface area contributed by atoms with Crippen LogP contribution in [-0.4, -0.2) is 42.1 Å². The van der Waals surface area contributed by atoms with E-state index in [0.29, 0.717) is 23.5 Å². The van der Waals surface area contributed by atoms with Crippen molar-refractivity contribution in [3.8, 4) is 0 Å². The van der Waals surface area contributed by atoms with Gasteiger partial charge in [-0.2, -0.15) is 0 Å².